The Hall–Kier alpha value is -1.13. The van der Waals surface area contributed by atoms with Gasteiger partial charge in [-0.2, -0.15) is 0 Å². The Morgan fingerprint density at radius 1 is 0.667 bits per heavy atom. The van der Waals surface area contributed by atoms with Gasteiger partial charge in [0, 0.05) is 0 Å². The number of hydrogen-bond acceptors (Lipinski definition) is 1. The minimum atomic E-state index is -2.40. The Morgan fingerprint density at radius 2 is 1.09 bits per heavy atom. The quantitative estimate of drug-likeness (QED) is 0.185. The summed E-state index contributed by atoms with van der Waals surface area (Å²) in [4.78, 5) is 0. The van der Waals surface area contributed by atoms with Crippen LogP contribution >= 0.6 is 11.1 Å². The summed E-state index contributed by atoms with van der Waals surface area (Å²) in [6.45, 7) is 11.5. The Labute approximate surface area is 210 Å². The maximum absolute atomic E-state index is 2.74. The number of nitrogens with zero attached hydrogens (tertiary/aromatic N) is 1. The molecule has 1 atom stereocenters. The van der Waals surface area contributed by atoms with E-state index >= 15 is 0 Å². The van der Waals surface area contributed by atoms with Gasteiger partial charge in [0.1, 0.15) is 0 Å². The topological polar surface area (TPSA) is 3.24 Å². The summed E-state index contributed by atoms with van der Waals surface area (Å²) in [5.41, 5.74) is 5.27. The molecule has 1 nitrogen and oxygen atoms in total. The fourth-order valence-corrected chi connectivity index (χ4v) is 25.6. The van der Waals surface area contributed by atoms with Gasteiger partial charge in [0.25, 0.3) is 0 Å². The summed E-state index contributed by atoms with van der Waals surface area (Å²) in [6.07, 6.45) is 10.9. The normalized spacial score (nSPS) is 16.8. The molecule has 180 valence electrons. The van der Waals surface area contributed by atoms with E-state index in [-0.39, 0.29) is 0 Å². The molecule has 0 radical (unpaired) electrons. The molecule has 0 amide bonds. The van der Waals surface area contributed by atoms with Crippen LogP contribution in [0.4, 0.5) is 11.4 Å². The molecule has 1 aliphatic heterocycles. The third-order valence-electron chi connectivity index (χ3n) is 7.11. The van der Waals surface area contributed by atoms with Crippen LogP contribution in [0.1, 0.15) is 70.4 Å². The average Bonchev–Trinajstić information content (AvgIpc) is 3.32. The zero-order valence-corrected chi connectivity index (χ0v) is 25.4. The van der Waals surface area contributed by atoms with Crippen molar-refractivity contribution in [2.45, 2.75) is 86.5 Å². The first kappa shape index (κ1) is 26.5. The molecule has 0 fully saturated rings. The molecule has 1 unspecified atom stereocenters. The summed E-state index contributed by atoms with van der Waals surface area (Å²) in [5, 5.41) is 5.30. The Kier molecular flexibility index (Phi) is 10.5. The number of thiol groups is 1. The van der Waals surface area contributed by atoms with Gasteiger partial charge in [-0.05, 0) is 0 Å². The molecule has 2 aromatic rings. The first-order valence-electron chi connectivity index (χ1n) is 13.1. The summed E-state index contributed by atoms with van der Waals surface area (Å²) in [7, 11) is 0. The number of unbranched alkanes of at least 4 members (excludes halogenated alkanes) is 3. The standard InChI is InChI=1S/C18H18NS.3C4H9.Sn/c1-15-5-9-17(10-6-15)19(20-13-3-4-14-20)18-11-7-16(2)8-12-18;3*1-3-4-2;/h3,5-14,20H,1-2H3;3*1,3-4H2,2H3;. The number of benzene rings is 2. The molecule has 0 saturated carbocycles. The van der Waals surface area contributed by atoms with Crippen LogP contribution < -0.4 is 4.31 Å². The van der Waals surface area contributed by atoms with Crippen LogP contribution in [0.15, 0.2) is 69.0 Å². The second-order valence-electron chi connectivity index (χ2n) is 9.85. The fourth-order valence-electron chi connectivity index (χ4n) is 4.96. The molecule has 0 bridgehead atoms. The van der Waals surface area contributed by atoms with E-state index in [9.17, 15) is 0 Å². The van der Waals surface area contributed by atoms with Crippen LogP contribution in [-0.4, -0.2) is 18.4 Å². The van der Waals surface area contributed by atoms with E-state index in [2.05, 4.69) is 104 Å². The van der Waals surface area contributed by atoms with Crippen molar-refractivity contribution in [3.05, 3.63) is 80.1 Å². The number of hydrogen-bond donors (Lipinski definition) is 1. The van der Waals surface area contributed by atoms with Gasteiger partial charge in [-0.15, -0.1) is 0 Å². The number of rotatable bonds is 13. The molecule has 0 aromatic heterocycles. The molecule has 3 heteroatoms. The van der Waals surface area contributed by atoms with Gasteiger partial charge < -0.3 is 0 Å². The Morgan fingerprint density at radius 3 is 1.48 bits per heavy atom. The number of anilines is 2. The van der Waals surface area contributed by atoms with Crippen LogP contribution in [0.5, 0.6) is 0 Å². The second kappa shape index (κ2) is 13.1. The van der Waals surface area contributed by atoms with E-state index < -0.39 is 29.5 Å². The van der Waals surface area contributed by atoms with Crippen molar-refractivity contribution in [2.24, 2.45) is 0 Å². The number of allylic oxidation sites excluding steroid dienone is 2. The fraction of sp³-hybridized carbons (Fsp3) is 0.467. The van der Waals surface area contributed by atoms with E-state index in [1.807, 2.05) is 3.59 Å². The first-order chi connectivity index (χ1) is 16.0. The number of aryl methyl sites for hydroxylation is 2. The Bertz CT molecular complexity index is 846. The molecule has 0 spiro atoms. The average molecular weight is 570 g/mol. The van der Waals surface area contributed by atoms with E-state index in [0.717, 1.165) is 0 Å². The first-order valence-corrected chi connectivity index (χ1v) is 22.1. The maximum atomic E-state index is 2.74. The zero-order valence-electron chi connectivity index (χ0n) is 21.6. The molecule has 1 aliphatic rings. The van der Waals surface area contributed by atoms with Crippen LogP contribution in [-0.2, 0) is 0 Å². The summed E-state index contributed by atoms with van der Waals surface area (Å²) < 4.78 is 9.06. The van der Waals surface area contributed by atoms with E-state index in [1.165, 1.54) is 61.0 Å². The van der Waals surface area contributed by atoms with Gasteiger partial charge in [0.05, 0.1) is 0 Å². The molecule has 0 saturated heterocycles. The van der Waals surface area contributed by atoms with Gasteiger partial charge in [-0.1, -0.05) is 0 Å². The summed E-state index contributed by atoms with van der Waals surface area (Å²) >= 11 is -2.89. The monoisotopic (exact) mass is 571 g/mol. The molecule has 2 aromatic carbocycles. The van der Waals surface area contributed by atoms with Crippen molar-refractivity contribution in [1.29, 1.82) is 0 Å². The van der Waals surface area contributed by atoms with E-state index in [4.69, 9.17) is 0 Å². The van der Waals surface area contributed by atoms with Crippen LogP contribution in [0.2, 0.25) is 13.3 Å². The van der Waals surface area contributed by atoms with Gasteiger partial charge in [-0.3, -0.25) is 0 Å². The third kappa shape index (κ3) is 6.94. The van der Waals surface area contributed by atoms with Crippen molar-refractivity contribution >= 4 is 40.8 Å². The summed E-state index contributed by atoms with van der Waals surface area (Å²) in [5.74, 6) is 0. The molecule has 33 heavy (non-hydrogen) atoms. The van der Waals surface area contributed by atoms with Gasteiger partial charge in [0.15, 0.2) is 0 Å². The van der Waals surface area contributed by atoms with Crippen molar-refractivity contribution in [3.63, 3.8) is 0 Å². The molecule has 3 rings (SSSR count). The molecular formula is C30H45NSSn. The zero-order chi connectivity index (χ0) is 23.7. The van der Waals surface area contributed by atoms with Crippen LogP contribution in [0.25, 0.3) is 0 Å². The molecule has 0 N–H and O–H groups in total. The summed E-state index contributed by atoms with van der Waals surface area (Å²) in [6, 6.07) is 18.2. The van der Waals surface area contributed by atoms with E-state index in [0.29, 0.717) is 0 Å². The second-order valence-corrected chi connectivity index (χ2v) is 24.8. The molecule has 1 heterocycles. The van der Waals surface area contributed by atoms with Gasteiger partial charge >= 0.3 is 212 Å². The van der Waals surface area contributed by atoms with Gasteiger partial charge in [-0.25, -0.2) is 0 Å². The van der Waals surface area contributed by atoms with Crippen molar-refractivity contribution < 1.29 is 0 Å². The predicted molar refractivity (Wildman–Crippen MR) is 156 cm³/mol. The van der Waals surface area contributed by atoms with Crippen LogP contribution in [0, 0.1) is 13.8 Å². The SMILES string of the molecule is CCC[CH2][Sn]([CH2]CCC)([CH2]CCC)[C]1=C[SH](N(c2ccc(C)cc2)c2ccc(C)cc2)C=C1. The van der Waals surface area contributed by atoms with Crippen molar-refractivity contribution in [1.82, 2.24) is 0 Å². The van der Waals surface area contributed by atoms with Crippen molar-refractivity contribution in [2.75, 3.05) is 4.31 Å². The van der Waals surface area contributed by atoms with Crippen LogP contribution in [0.3, 0.4) is 0 Å². The van der Waals surface area contributed by atoms with Gasteiger partial charge in [0.2, 0.25) is 0 Å². The molecule has 0 aliphatic carbocycles. The Balaban J connectivity index is 2.00. The third-order valence-corrected chi connectivity index (χ3v) is 25.3. The molecular weight excluding hydrogens is 525 g/mol. The van der Waals surface area contributed by atoms with Crippen molar-refractivity contribution in [3.8, 4) is 0 Å². The minimum absolute atomic E-state index is 0.486. The predicted octanol–water partition coefficient (Wildman–Crippen LogP) is 10.2. The van der Waals surface area contributed by atoms with E-state index in [1.54, 1.807) is 13.3 Å².